The lowest BCUT2D eigenvalue weighted by molar-refractivity contribution is 0.0462. The smallest absolute Gasteiger partial charge is 0.359 e. The van der Waals surface area contributed by atoms with Crippen molar-refractivity contribution < 1.29 is 19.1 Å². The molecule has 7 nitrogen and oxygen atoms in total. The van der Waals surface area contributed by atoms with Crippen molar-refractivity contribution in [3.8, 4) is 5.75 Å². The monoisotopic (exact) mass is 422 g/mol. The SMILES string of the molecule is CCOc1ccc(C(C)=O)cc1COC(=O)c1nn(CC(C)C)c(=O)c2ccccc12. The third-order valence-corrected chi connectivity index (χ3v) is 4.72. The summed E-state index contributed by atoms with van der Waals surface area (Å²) in [5, 5.41) is 5.16. The number of hydrogen-bond donors (Lipinski definition) is 0. The van der Waals surface area contributed by atoms with Gasteiger partial charge in [-0.25, -0.2) is 9.48 Å². The third kappa shape index (κ3) is 4.99. The number of benzene rings is 2. The summed E-state index contributed by atoms with van der Waals surface area (Å²) in [5.41, 5.74) is 0.927. The summed E-state index contributed by atoms with van der Waals surface area (Å²) in [5.74, 6) is -0.0189. The highest BCUT2D eigenvalue weighted by Gasteiger charge is 2.19. The maximum Gasteiger partial charge on any atom is 0.359 e. The maximum atomic E-state index is 13.0. The van der Waals surface area contributed by atoms with E-state index in [1.165, 1.54) is 11.6 Å². The third-order valence-electron chi connectivity index (χ3n) is 4.72. The number of aromatic nitrogens is 2. The van der Waals surface area contributed by atoms with Crippen molar-refractivity contribution in [3.05, 3.63) is 69.6 Å². The molecule has 3 rings (SSSR count). The average Bonchev–Trinajstić information content (AvgIpc) is 2.74. The molecule has 0 spiro atoms. The zero-order valence-corrected chi connectivity index (χ0v) is 18.2. The van der Waals surface area contributed by atoms with Gasteiger partial charge in [0.25, 0.3) is 5.56 Å². The van der Waals surface area contributed by atoms with Gasteiger partial charge in [0.15, 0.2) is 11.5 Å². The van der Waals surface area contributed by atoms with Crippen LogP contribution in [0.1, 0.15) is 54.1 Å². The first kappa shape index (κ1) is 22.2. The highest BCUT2D eigenvalue weighted by Crippen LogP contribution is 2.23. The van der Waals surface area contributed by atoms with Gasteiger partial charge in [-0.05, 0) is 44.0 Å². The molecule has 0 aliphatic heterocycles. The van der Waals surface area contributed by atoms with Gasteiger partial charge in [-0.15, -0.1) is 0 Å². The molecule has 0 atom stereocenters. The normalized spacial score (nSPS) is 11.0. The minimum absolute atomic E-state index is 0.0801. The standard InChI is InChI=1S/C24H26N2O5/c1-5-30-21-11-10-17(16(4)27)12-18(21)14-31-24(29)22-19-8-6-7-9-20(19)23(28)26(25-22)13-15(2)3/h6-12,15H,5,13-14H2,1-4H3. The van der Waals surface area contributed by atoms with Crippen LogP contribution < -0.4 is 10.3 Å². The number of carbonyl (C=O) groups excluding carboxylic acids is 2. The van der Waals surface area contributed by atoms with Crippen molar-refractivity contribution in [3.63, 3.8) is 0 Å². The minimum Gasteiger partial charge on any atom is -0.493 e. The molecule has 1 aromatic heterocycles. The molecule has 0 N–H and O–H groups in total. The summed E-state index contributed by atoms with van der Waals surface area (Å²) < 4.78 is 12.4. The lowest BCUT2D eigenvalue weighted by Crippen LogP contribution is -2.28. The molecule has 0 aliphatic carbocycles. The van der Waals surface area contributed by atoms with E-state index in [2.05, 4.69) is 5.10 Å². The highest BCUT2D eigenvalue weighted by atomic mass is 16.5. The maximum absolute atomic E-state index is 13.0. The average molecular weight is 422 g/mol. The van der Waals surface area contributed by atoms with E-state index in [0.717, 1.165) is 0 Å². The van der Waals surface area contributed by atoms with Crippen LogP contribution in [-0.4, -0.2) is 28.1 Å². The second-order valence-electron chi connectivity index (χ2n) is 7.66. The Morgan fingerprint density at radius 3 is 2.45 bits per heavy atom. The van der Waals surface area contributed by atoms with E-state index in [1.54, 1.807) is 42.5 Å². The number of ether oxygens (including phenoxy) is 2. The van der Waals surface area contributed by atoms with Crippen LogP contribution in [-0.2, 0) is 17.9 Å². The Balaban J connectivity index is 1.96. The van der Waals surface area contributed by atoms with E-state index in [0.29, 0.717) is 40.8 Å². The summed E-state index contributed by atoms with van der Waals surface area (Å²) in [6.45, 7) is 8.00. The molecule has 0 amide bonds. The molecular weight excluding hydrogens is 396 g/mol. The first-order valence-electron chi connectivity index (χ1n) is 10.3. The number of Topliss-reactive ketones (excluding diaryl/α,β-unsaturated/α-hetero) is 1. The van der Waals surface area contributed by atoms with Crippen LogP contribution in [0.3, 0.4) is 0 Å². The quantitative estimate of drug-likeness (QED) is 0.403. The topological polar surface area (TPSA) is 87.5 Å². The second kappa shape index (κ2) is 9.55. The van der Waals surface area contributed by atoms with Crippen molar-refractivity contribution in [1.82, 2.24) is 9.78 Å². The lowest BCUT2D eigenvalue weighted by Gasteiger charge is -2.14. The van der Waals surface area contributed by atoms with E-state index >= 15 is 0 Å². The van der Waals surface area contributed by atoms with Gasteiger partial charge in [0, 0.05) is 23.1 Å². The lowest BCUT2D eigenvalue weighted by atomic mass is 10.1. The van der Waals surface area contributed by atoms with Gasteiger partial charge in [-0.2, -0.15) is 5.10 Å². The summed E-state index contributed by atoms with van der Waals surface area (Å²) in [7, 11) is 0. The predicted molar refractivity (Wildman–Crippen MR) is 118 cm³/mol. The van der Waals surface area contributed by atoms with Crippen LogP contribution in [0.5, 0.6) is 5.75 Å². The molecule has 0 fully saturated rings. The minimum atomic E-state index is -0.649. The first-order chi connectivity index (χ1) is 14.8. The van der Waals surface area contributed by atoms with Crippen molar-refractivity contribution in [2.24, 2.45) is 5.92 Å². The van der Waals surface area contributed by atoms with Crippen molar-refractivity contribution in [2.45, 2.75) is 40.8 Å². The molecule has 0 unspecified atom stereocenters. The fourth-order valence-electron chi connectivity index (χ4n) is 3.27. The van der Waals surface area contributed by atoms with E-state index in [1.807, 2.05) is 20.8 Å². The van der Waals surface area contributed by atoms with Crippen LogP contribution >= 0.6 is 0 Å². The Kier molecular flexibility index (Phi) is 6.84. The molecule has 3 aromatic rings. The Labute approximate surface area is 180 Å². The predicted octanol–water partition coefficient (Wildman–Crippen LogP) is 4.01. The number of fused-ring (bicyclic) bond motifs is 1. The van der Waals surface area contributed by atoms with Gasteiger partial charge in [0.05, 0.1) is 12.0 Å². The largest absolute Gasteiger partial charge is 0.493 e. The Morgan fingerprint density at radius 2 is 1.81 bits per heavy atom. The number of ketones is 1. The molecule has 0 aliphatic rings. The van der Waals surface area contributed by atoms with E-state index in [9.17, 15) is 14.4 Å². The molecule has 0 saturated carbocycles. The van der Waals surface area contributed by atoms with Crippen LogP contribution in [0.4, 0.5) is 0 Å². The fraction of sp³-hybridized carbons (Fsp3) is 0.333. The molecule has 0 bridgehead atoms. The van der Waals surface area contributed by atoms with Crippen LogP contribution in [0.15, 0.2) is 47.3 Å². The number of esters is 1. The molecule has 7 heteroatoms. The summed E-state index contributed by atoms with van der Waals surface area (Å²) in [4.78, 5) is 37.4. The van der Waals surface area contributed by atoms with Crippen molar-refractivity contribution in [2.75, 3.05) is 6.61 Å². The van der Waals surface area contributed by atoms with Gasteiger partial charge in [0.1, 0.15) is 12.4 Å². The van der Waals surface area contributed by atoms with Crippen LogP contribution in [0.2, 0.25) is 0 Å². The molecular formula is C24H26N2O5. The Hall–Kier alpha value is -3.48. The Bertz CT molecular complexity index is 1180. The number of hydrogen-bond acceptors (Lipinski definition) is 6. The van der Waals surface area contributed by atoms with Gasteiger partial charge < -0.3 is 9.47 Å². The van der Waals surface area contributed by atoms with Gasteiger partial charge in [-0.1, -0.05) is 32.0 Å². The molecule has 2 aromatic carbocycles. The number of nitrogens with zero attached hydrogens (tertiary/aromatic N) is 2. The first-order valence-corrected chi connectivity index (χ1v) is 10.3. The molecule has 0 saturated heterocycles. The van der Waals surface area contributed by atoms with Crippen LogP contribution in [0.25, 0.3) is 10.8 Å². The molecule has 1 heterocycles. The van der Waals surface area contributed by atoms with Crippen molar-refractivity contribution >= 4 is 22.5 Å². The zero-order chi connectivity index (χ0) is 22.5. The summed E-state index contributed by atoms with van der Waals surface area (Å²) >= 11 is 0. The van der Waals surface area contributed by atoms with Gasteiger partial charge in [-0.3, -0.25) is 9.59 Å². The van der Waals surface area contributed by atoms with Gasteiger partial charge in [0.2, 0.25) is 0 Å². The zero-order valence-electron chi connectivity index (χ0n) is 18.2. The number of carbonyl (C=O) groups is 2. The molecule has 162 valence electrons. The van der Waals surface area contributed by atoms with Gasteiger partial charge >= 0.3 is 5.97 Å². The van der Waals surface area contributed by atoms with Crippen LogP contribution in [0, 0.1) is 5.92 Å². The Morgan fingerprint density at radius 1 is 1.10 bits per heavy atom. The molecule has 31 heavy (non-hydrogen) atoms. The fourth-order valence-corrected chi connectivity index (χ4v) is 3.27. The number of rotatable bonds is 8. The van der Waals surface area contributed by atoms with E-state index in [-0.39, 0.29) is 29.6 Å². The van der Waals surface area contributed by atoms with Crippen molar-refractivity contribution in [1.29, 1.82) is 0 Å². The van der Waals surface area contributed by atoms with E-state index in [4.69, 9.17) is 9.47 Å². The second-order valence-corrected chi connectivity index (χ2v) is 7.66. The summed E-state index contributed by atoms with van der Waals surface area (Å²) in [6.07, 6.45) is 0. The highest BCUT2D eigenvalue weighted by molar-refractivity contribution is 6.02. The molecule has 0 radical (unpaired) electrons. The summed E-state index contributed by atoms with van der Waals surface area (Å²) in [6, 6.07) is 11.9. The van der Waals surface area contributed by atoms with E-state index < -0.39 is 5.97 Å².